The van der Waals surface area contributed by atoms with E-state index in [-0.39, 0.29) is 12.1 Å². The molecule has 0 amide bonds. The summed E-state index contributed by atoms with van der Waals surface area (Å²) in [6.07, 6.45) is 3.90. The van der Waals surface area contributed by atoms with Gasteiger partial charge in [-0.1, -0.05) is 17.7 Å². The molecular weight excluding hydrogens is 392 g/mol. The molecule has 28 heavy (non-hydrogen) atoms. The van der Waals surface area contributed by atoms with Crippen molar-refractivity contribution < 1.29 is 4.74 Å². The third-order valence-corrected chi connectivity index (χ3v) is 5.63. The van der Waals surface area contributed by atoms with Gasteiger partial charge in [0.2, 0.25) is 0 Å². The third kappa shape index (κ3) is 3.23. The lowest BCUT2D eigenvalue weighted by Crippen LogP contribution is -2.30. The van der Waals surface area contributed by atoms with Gasteiger partial charge in [-0.3, -0.25) is 4.98 Å². The minimum absolute atomic E-state index is 0.0539. The summed E-state index contributed by atoms with van der Waals surface area (Å²) in [5.41, 5.74) is 3.02. The fourth-order valence-electron chi connectivity index (χ4n) is 3.72. The zero-order valence-corrected chi connectivity index (χ0v) is 17.2. The molecule has 0 radical (unpaired) electrons. The predicted octanol–water partition coefficient (Wildman–Crippen LogP) is 4.74. The molecular formula is C21H21ClN4OS. The molecule has 1 aliphatic heterocycles. The Labute approximate surface area is 174 Å². The highest BCUT2D eigenvalue weighted by molar-refractivity contribution is 7.80. The zero-order valence-electron chi connectivity index (χ0n) is 15.7. The molecule has 4 rings (SSSR count). The molecule has 2 atom stereocenters. The first-order valence-corrected chi connectivity index (χ1v) is 9.92. The van der Waals surface area contributed by atoms with E-state index < -0.39 is 0 Å². The van der Waals surface area contributed by atoms with E-state index in [0.717, 1.165) is 23.6 Å². The van der Waals surface area contributed by atoms with E-state index in [1.165, 1.54) is 0 Å². The molecule has 0 aliphatic carbocycles. The Balaban J connectivity index is 1.84. The van der Waals surface area contributed by atoms with Gasteiger partial charge in [0, 0.05) is 30.3 Å². The standard InChI is InChI=1S/C21H21ClN4OS/c1-3-25-12-6-8-17(25)20-19(16-7-4-5-11-23-16)24-21(28)26(20)14-9-10-18(27-2)15(22)13-14/h4-13,19-20H,3H2,1-2H3,(H,24,28)/t19-,20-/m0/s1. The van der Waals surface area contributed by atoms with Gasteiger partial charge in [0.15, 0.2) is 5.11 Å². The topological polar surface area (TPSA) is 42.3 Å². The summed E-state index contributed by atoms with van der Waals surface area (Å²) in [4.78, 5) is 6.69. The Bertz CT molecular complexity index is 991. The number of thiocarbonyl (C=S) groups is 1. The van der Waals surface area contributed by atoms with Crippen molar-refractivity contribution in [3.05, 3.63) is 77.3 Å². The number of pyridine rings is 1. The normalized spacial score (nSPS) is 19.0. The van der Waals surface area contributed by atoms with Crippen LogP contribution < -0.4 is 15.0 Å². The van der Waals surface area contributed by atoms with Gasteiger partial charge >= 0.3 is 0 Å². The summed E-state index contributed by atoms with van der Waals surface area (Å²) in [6.45, 7) is 3.01. The average Bonchev–Trinajstić information content (AvgIpc) is 3.32. The summed E-state index contributed by atoms with van der Waals surface area (Å²) in [5.74, 6) is 0.637. The van der Waals surface area contributed by atoms with Crippen LogP contribution in [0.2, 0.25) is 5.02 Å². The molecule has 1 N–H and O–H groups in total. The molecule has 1 aromatic carbocycles. The molecule has 1 saturated heterocycles. The number of halogens is 1. The van der Waals surface area contributed by atoms with E-state index in [1.807, 2.05) is 42.6 Å². The molecule has 3 heterocycles. The van der Waals surface area contributed by atoms with Crippen LogP contribution in [0.5, 0.6) is 5.75 Å². The van der Waals surface area contributed by atoms with Crippen LogP contribution in [0, 0.1) is 0 Å². The van der Waals surface area contributed by atoms with Crippen LogP contribution in [0.3, 0.4) is 0 Å². The molecule has 2 aromatic heterocycles. The lowest BCUT2D eigenvalue weighted by atomic mass is 10.0. The van der Waals surface area contributed by atoms with Crippen LogP contribution in [0.4, 0.5) is 5.69 Å². The van der Waals surface area contributed by atoms with Crippen molar-refractivity contribution in [2.45, 2.75) is 25.6 Å². The van der Waals surface area contributed by atoms with Crippen molar-refractivity contribution in [3.63, 3.8) is 0 Å². The number of aromatic nitrogens is 2. The van der Waals surface area contributed by atoms with Crippen LogP contribution in [0.15, 0.2) is 60.9 Å². The third-order valence-electron chi connectivity index (χ3n) is 5.02. The van der Waals surface area contributed by atoms with Crippen LogP contribution in [-0.4, -0.2) is 21.8 Å². The number of benzene rings is 1. The number of ether oxygens (including phenoxy) is 1. The van der Waals surface area contributed by atoms with E-state index in [2.05, 4.69) is 45.0 Å². The van der Waals surface area contributed by atoms with E-state index >= 15 is 0 Å². The lowest BCUT2D eigenvalue weighted by molar-refractivity contribution is 0.415. The Morgan fingerprint density at radius 2 is 2.07 bits per heavy atom. The number of rotatable bonds is 5. The summed E-state index contributed by atoms with van der Waals surface area (Å²) in [6, 6.07) is 15.7. The molecule has 1 fully saturated rings. The maximum Gasteiger partial charge on any atom is 0.174 e. The second kappa shape index (κ2) is 7.81. The first-order chi connectivity index (χ1) is 13.6. The Hall–Kier alpha value is -2.57. The van der Waals surface area contributed by atoms with Crippen LogP contribution in [-0.2, 0) is 6.54 Å². The molecule has 0 bridgehead atoms. The van der Waals surface area contributed by atoms with Crippen LogP contribution in [0.1, 0.15) is 30.4 Å². The molecule has 1 aliphatic rings. The maximum atomic E-state index is 6.41. The van der Waals surface area contributed by atoms with Crippen LogP contribution in [0.25, 0.3) is 0 Å². The molecule has 0 saturated carbocycles. The maximum absolute atomic E-state index is 6.41. The monoisotopic (exact) mass is 412 g/mol. The first kappa shape index (κ1) is 18.8. The fourth-order valence-corrected chi connectivity index (χ4v) is 4.32. The fraction of sp³-hybridized carbons (Fsp3) is 0.238. The lowest BCUT2D eigenvalue weighted by Gasteiger charge is -2.29. The molecule has 7 heteroatoms. The number of anilines is 1. The number of hydrogen-bond donors (Lipinski definition) is 1. The second-order valence-electron chi connectivity index (χ2n) is 6.53. The smallest absolute Gasteiger partial charge is 0.174 e. The Morgan fingerprint density at radius 1 is 1.21 bits per heavy atom. The SMILES string of the molecule is CCn1cccc1[C@H]1[C@H](c2ccccn2)NC(=S)N1c1ccc(OC)c(Cl)c1. The molecule has 5 nitrogen and oxygen atoms in total. The van der Waals surface area contributed by atoms with Gasteiger partial charge in [0.05, 0.1) is 23.9 Å². The van der Waals surface area contributed by atoms with E-state index in [4.69, 9.17) is 28.6 Å². The van der Waals surface area contributed by atoms with Crippen molar-refractivity contribution in [1.29, 1.82) is 0 Å². The van der Waals surface area contributed by atoms with Gasteiger partial charge in [-0.05, 0) is 61.6 Å². The number of hydrogen-bond acceptors (Lipinski definition) is 3. The predicted molar refractivity (Wildman–Crippen MR) is 116 cm³/mol. The number of nitrogens with one attached hydrogen (secondary N) is 1. The highest BCUT2D eigenvalue weighted by Crippen LogP contribution is 2.43. The zero-order chi connectivity index (χ0) is 19.7. The minimum Gasteiger partial charge on any atom is -0.495 e. The van der Waals surface area contributed by atoms with E-state index in [0.29, 0.717) is 15.9 Å². The number of nitrogens with zero attached hydrogens (tertiary/aromatic N) is 3. The second-order valence-corrected chi connectivity index (χ2v) is 7.33. The average molecular weight is 413 g/mol. The Morgan fingerprint density at radius 3 is 2.75 bits per heavy atom. The van der Waals surface area contributed by atoms with Gasteiger partial charge in [-0.2, -0.15) is 0 Å². The van der Waals surface area contributed by atoms with Crippen molar-refractivity contribution in [3.8, 4) is 5.75 Å². The van der Waals surface area contributed by atoms with Gasteiger partial charge < -0.3 is 19.5 Å². The summed E-state index contributed by atoms with van der Waals surface area (Å²) in [5, 5.41) is 4.66. The van der Waals surface area contributed by atoms with E-state index in [1.54, 1.807) is 7.11 Å². The molecule has 0 spiro atoms. The molecule has 0 unspecified atom stereocenters. The quantitative estimate of drug-likeness (QED) is 0.613. The number of methoxy groups -OCH3 is 1. The summed E-state index contributed by atoms with van der Waals surface area (Å²) < 4.78 is 7.53. The van der Waals surface area contributed by atoms with Crippen molar-refractivity contribution in [2.75, 3.05) is 12.0 Å². The van der Waals surface area contributed by atoms with Crippen molar-refractivity contribution in [1.82, 2.24) is 14.9 Å². The summed E-state index contributed by atoms with van der Waals surface area (Å²) >= 11 is 12.1. The van der Waals surface area contributed by atoms with Gasteiger partial charge in [-0.15, -0.1) is 0 Å². The molecule has 3 aromatic rings. The van der Waals surface area contributed by atoms with E-state index in [9.17, 15) is 0 Å². The Kier molecular flexibility index (Phi) is 5.24. The summed E-state index contributed by atoms with van der Waals surface area (Å²) in [7, 11) is 1.61. The highest BCUT2D eigenvalue weighted by Gasteiger charge is 2.42. The van der Waals surface area contributed by atoms with Gasteiger partial charge in [0.1, 0.15) is 11.8 Å². The van der Waals surface area contributed by atoms with Crippen molar-refractivity contribution in [2.24, 2.45) is 0 Å². The van der Waals surface area contributed by atoms with Gasteiger partial charge in [-0.25, -0.2) is 0 Å². The minimum atomic E-state index is -0.0743. The van der Waals surface area contributed by atoms with Gasteiger partial charge in [0.25, 0.3) is 0 Å². The number of aryl methyl sites for hydroxylation is 1. The highest BCUT2D eigenvalue weighted by atomic mass is 35.5. The van der Waals surface area contributed by atoms with Crippen LogP contribution >= 0.6 is 23.8 Å². The van der Waals surface area contributed by atoms with Crippen molar-refractivity contribution >= 4 is 34.6 Å². The largest absolute Gasteiger partial charge is 0.495 e. The molecule has 144 valence electrons. The first-order valence-electron chi connectivity index (χ1n) is 9.13.